The van der Waals surface area contributed by atoms with Crippen LogP contribution in [-0.4, -0.2) is 40.4 Å². The minimum absolute atomic E-state index is 0.0130. The standard InChI is InChI=1S/C24H19ClN2O6/c25-18-8-2-1-5-15(18)21-11-20(30)16-6-3-9-19(22(16)33-21)27-23(31)17-7-4-10-26-24(17)32-13-14(29)12-28/h1-11,14,28-29H,12-13H2,(H,27,31). The molecule has 1 atom stereocenters. The van der Waals surface area contributed by atoms with Crippen molar-refractivity contribution < 1.29 is 24.2 Å². The highest BCUT2D eigenvalue weighted by atomic mass is 35.5. The van der Waals surface area contributed by atoms with Gasteiger partial charge in [0.1, 0.15) is 24.0 Å². The Bertz CT molecular complexity index is 1370. The lowest BCUT2D eigenvalue weighted by atomic mass is 10.1. The van der Waals surface area contributed by atoms with Crippen molar-refractivity contribution in [2.24, 2.45) is 0 Å². The molecule has 0 fully saturated rings. The average Bonchev–Trinajstić information content (AvgIpc) is 2.83. The lowest BCUT2D eigenvalue weighted by molar-refractivity contribution is 0.0516. The van der Waals surface area contributed by atoms with E-state index in [0.29, 0.717) is 10.6 Å². The number of halogens is 1. The lowest BCUT2D eigenvalue weighted by Gasteiger charge is -2.13. The maximum atomic E-state index is 13.0. The third kappa shape index (κ3) is 4.88. The summed E-state index contributed by atoms with van der Waals surface area (Å²) in [6.07, 6.45) is 0.322. The van der Waals surface area contributed by atoms with E-state index >= 15 is 0 Å². The number of hydrogen-bond donors (Lipinski definition) is 3. The maximum Gasteiger partial charge on any atom is 0.261 e. The minimum Gasteiger partial charge on any atom is -0.474 e. The van der Waals surface area contributed by atoms with Gasteiger partial charge >= 0.3 is 0 Å². The Balaban J connectivity index is 1.71. The molecule has 0 radical (unpaired) electrons. The number of fused-ring (bicyclic) bond motifs is 1. The summed E-state index contributed by atoms with van der Waals surface area (Å²) in [5, 5.41) is 21.9. The molecule has 2 aromatic heterocycles. The number of aliphatic hydroxyl groups excluding tert-OH is 2. The van der Waals surface area contributed by atoms with E-state index < -0.39 is 18.6 Å². The molecule has 3 N–H and O–H groups in total. The fraction of sp³-hybridized carbons (Fsp3) is 0.125. The second kappa shape index (κ2) is 9.83. The first kappa shape index (κ1) is 22.5. The zero-order valence-electron chi connectivity index (χ0n) is 17.2. The molecule has 0 saturated heterocycles. The monoisotopic (exact) mass is 466 g/mol. The van der Waals surface area contributed by atoms with E-state index in [1.807, 2.05) is 0 Å². The number of nitrogens with zero attached hydrogens (tertiary/aromatic N) is 1. The SMILES string of the molecule is O=C(Nc1cccc2c(=O)cc(-c3ccccc3Cl)oc12)c1cccnc1OCC(O)CO. The van der Waals surface area contributed by atoms with Crippen molar-refractivity contribution in [1.29, 1.82) is 0 Å². The number of aliphatic hydroxyl groups is 2. The number of anilines is 1. The Kier molecular flexibility index (Phi) is 6.69. The molecule has 2 heterocycles. The van der Waals surface area contributed by atoms with E-state index in [1.165, 1.54) is 18.3 Å². The van der Waals surface area contributed by atoms with Crippen molar-refractivity contribution in [3.63, 3.8) is 0 Å². The number of nitrogens with one attached hydrogen (secondary N) is 1. The van der Waals surface area contributed by atoms with Crippen molar-refractivity contribution in [3.8, 4) is 17.2 Å². The Labute approximate surface area is 193 Å². The summed E-state index contributed by atoms with van der Waals surface area (Å²) >= 11 is 6.26. The van der Waals surface area contributed by atoms with E-state index in [4.69, 9.17) is 25.9 Å². The number of ether oxygens (including phenoxy) is 1. The zero-order valence-corrected chi connectivity index (χ0v) is 18.0. The van der Waals surface area contributed by atoms with Gasteiger partial charge < -0.3 is 24.7 Å². The summed E-state index contributed by atoms with van der Waals surface area (Å²) in [5.41, 5.74) is 0.823. The summed E-state index contributed by atoms with van der Waals surface area (Å²) in [5.74, 6) is -0.306. The van der Waals surface area contributed by atoms with Gasteiger partial charge in [-0.2, -0.15) is 0 Å². The van der Waals surface area contributed by atoms with Gasteiger partial charge in [0.2, 0.25) is 5.88 Å². The average molecular weight is 467 g/mol. The summed E-state index contributed by atoms with van der Waals surface area (Å²) < 4.78 is 11.4. The summed E-state index contributed by atoms with van der Waals surface area (Å²) in [6.45, 7) is -0.727. The van der Waals surface area contributed by atoms with Gasteiger partial charge in [0.15, 0.2) is 11.0 Å². The first-order chi connectivity index (χ1) is 16.0. The van der Waals surface area contributed by atoms with Crippen molar-refractivity contribution in [2.75, 3.05) is 18.5 Å². The van der Waals surface area contributed by atoms with Gasteiger partial charge in [-0.25, -0.2) is 4.98 Å². The Morgan fingerprint density at radius 2 is 1.97 bits per heavy atom. The van der Waals surface area contributed by atoms with Crippen LogP contribution in [0.1, 0.15) is 10.4 Å². The van der Waals surface area contributed by atoms with Crippen molar-refractivity contribution in [2.45, 2.75) is 6.10 Å². The van der Waals surface area contributed by atoms with Gasteiger partial charge in [0.05, 0.1) is 22.7 Å². The summed E-state index contributed by atoms with van der Waals surface area (Å²) in [6, 6.07) is 16.2. The van der Waals surface area contributed by atoms with Crippen LogP contribution in [-0.2, 0) is 0 Å². The number of hydrogen-bond acceptors (Lipinski definition) is 7. The van der Waals surface area contributed by atoms with Crippen molar-refractivity contribution in [3.05, 3.63) is 87.7 Å². The molecule has 0 aliphatic carbocycles. The number of carbonyl (C=O) groups excluding carboxylic acids is 1. The predicted molar refractivity (Wildman–Crippen MR) is 124 cm³/mol. The lowest BCUT2D eigenvalue weighted by Crippen LogP contribution is -2.23. The molecule has 168 valence electrons. The Morgan fingerprint density at radius 1 is 1.15 bits per heavy atom. The van der Waals surface area contributed by atoms with Gasteiger partial charge in [-0.3, -0.25) is 9.59 Å². The minimum atomic E-state index is -1.11. The molecule has 0 aliphatic heterocycles. The topological polar surface area (TPSA) is 122 Å². The summed E-state index contributed by atoms with van der Waals surface area (Å²) in [7, 11) is 0. The molecule has 9 heteroatoms. The predicted octanol–water partition coefficient (Wildman–Crippen LogP) is 3.49. The van der Waals surface area contributed by atoms with E-state index in [9.17, 15) is 14.7 Å². The van der Waals surface area contributed by atoms with Gasteiger partial charge in [-0.1, -0.05) is 29.8 Å². The second-order valence-electron chi connectivity index (χ2n) is 7.09. The van der Waals surface area contributed by atoms with Crippen LogP contribution in [0, 0.1) is 0 Å². The Hall–Kier alpha value is -3.72. The van der Waals surface area contributed by atoms with Crippen LogP contribution in [0.2, 0.25) is 5.02 Å². The molecular formula is C24H19ClN2O6. The fourth-order valence-corrected chi connectivity index (χ4v) is 3.39. The number of carbonyl (C=O) groups is 1. The molecule has 0 bridgehead atoms. The highest BCUT2D eigenvalue weighted by Crippen LogP contribution is 2.31. The molecule has 8 nitrogen and oxygen atoms in total. The van der Waals surface area contributed by atoms with Crippen molar-refractivity contribution in [1.82, 2.24) is 4.98 Å². The van der Waals surface area contributed by atoms with E-state index in [2.05, 4.69) is 10.3 Å². The molecule has 2 aromatic carbocycles. The van der Waals surface area contributed by atoms with Crippen LogP contribution in [0.4, 0.5) is 5.69 Å². The van der Waals surface area contributed by atoms with Gasteiger partial charge in [0, 0.05) is 17.8 Å². The number of aromatic nitrogens is 1. The van der Waals surface area contributed by atoms with Crippen molar-refractivity contribution >= 4 is 34.2 Å². The maximum absolute atomic E-state index is 13.0. The number of para-hydroxylation sites is 1. The third-order valence-corrected chi connectivity index (χ3v) is 5.11. The molecule has 1 amide bonds. The van der Waals surface area contributed by atoms with E-state index in [0.717, 1.165) is 0 Å². The van der Waals surface area contributed by atoms with Gasteiger partial charge in [0.25, 0.3) is 5.91 Å². The number of rotatable bonds is 7. The largest absolute Gasteiger partial charge is 0.474 e. The van der Waals surface area contributed by atoms with Crippen LogP contribution in [0.25, 0.3) is 22.3 Å². The normalized spacial score (nSPS) is 11.8. The molecule has 0 spiro atoms. The second-order valence-corrected chi connectivity index (χ2v) is 7.50. The first-order valence-corrected chi connectivity index (χ1v) is 10.4. The fourth-order valence-electron chi connectivity index (χ4n) is 3.17. The molecule has 4 rings (SSSR count). The third-order valence-electron chi connectivity index (χ3n) is 4.78. The molecule has 4 aromatic rings. The molecule has 0 aliphatic rings. The van der Waals surface area contributed by atoms with Crippen LogP contribution in [0.15, 0.2) is 76.1 Å². The highest BCUT2D eigenvalue weighted by Gasteiger charge is 2.18. The smallest absolute Gasteiger partial charge is 0.261 e. The molecular weight excluding hydrogens is 448 g/mol. The quantitative estimate of drug-likeness (QED) is 0.381. The van der Waals surface area contributed by atoms with Crippen LogP contribution < -0.4 is 15.5 Å². The molecule has 1 unspecified atom stereocenters. The summed E-state index contributed by atoms with van der Waals surface area (Å²) in [4.78, 5) is 29.8. The van der Waals surface area contributed by atoms with Crippen LogP contribution in [0.3, 0.4) is 0 Å². The Morgan fingerprint density at radius 3 is 2.76 bits per heavy atom. The van der Waals surface area contributed by atoms with E-state index in [1.54, 1.807) is 48.5 Å². The highest BCUT2D eigenvalue weighted by molar-refractivity contribution is 6.33. The number of pyridine rings is 1. The molecule has 0 saturated carbocycles. The first-order valence-electron chi connectivity index (χ1n) is 9.98. The van der Waals surface area contributed by atoms with Gasteiger partial charge in [-0.05, 0) is 36.4 Å². The molecule has 33 heavy (non-hydrogen) atoms. The van der Waals surface area contributed by atoms with Crippen LogP contribution >= 0.6 is 11.6 Å². The number of amides is 1. The zero-order chi connectivity index (χ0) is 23.4. The van der Waals surface area contributed by atoms with E-state index in [-0.39, 0.29) is 45.9 Å². The number of benzene rings is 2. The van der Waals surface area contributed by atoms with Gasteiger partial charge in [-0.15, -0.1) is 0 Å². The van der Waals surface area contributed by atoms with Crippen LogP contribution in [0.5, 0.6) is 5.88 Å².